The maximum Gasteiger partial charge on any atom is 0.243 e. The largest absolute Gasteiger partial charge is 0.297 e. The SMILES string of the molecule is C=C(C)CN1CCN(S(=O)(=O)c2ccc(C)cc2)CC1. The first kappa shape index (κ1) is 15.2. The molecular weight excluding hydrogens is 272 g/mol. The highest BCUT2D eigenvalue weighted by atomic mass is 32.2. The average Bonchev–Trinajstić information content (AvgIpc) is 2.39. The lowest BCUT2D eigenvalue weighted by atomic mass is 10.2. The fourth-order valence-corrected chi connectivity index (χ4v) is 3.79. The number of sulfonamides is 1. The minimum absolute atomic E-state index is 0.386. The molecule has 1 heterocycles. The molecule has 110 valence electrons. The van der Waals surface area contributed by atoms with E-state index in [1.165, 1.54) is 0 Å². The molecule has 1 saturated heterocycles. The smallest absolute Gasteiger partial charge is 0.243 e. The molecule has 1 fully saturated rings. The number of benzene rings is 1. The predicted octanol–water partition coefficient (Wildman–Crippen LogP) is 1.88. The van der Waals surface area contributed by atoms with Crippen LogP contribution in [0.4, 0.5) is 0 Å². The van der Waals surface area contributed by atoms with Crippen LogP contribution in [0.25, 0.3) is 0 Å². The summed E-state index contributed by atoms with van der Waals surface area (Å²) in [6, 6.07) is 7.05. The number of hydrogen-bond donors (Lipinski definition) is 0. The first-order valence-electron chi connectivity index (χ1n) is 6.83. The molecule has 0 unspecified atom stereocenters. The maximum atomic E-state index is 12.5. The zero-order valence-corrected chi connectivity index (χ0v) is 13.0. The number of piperazine rings is 1. The molecule has 1 aromatic rings. The Balaban J connectivity index is 2.05. The van der Waals surface area contributed by atoms with E-state index >= 15 is 0 Å². The molecule has 0 aromatic heterocycles. The topological polar surface area (TPSA) is 40.6 Å². The van der Waals surface area contributed by atoms with Crippen molar-refractivity contribution in [3.63, 3.8) is 0 Å². The van der Waals surface area contributed by atoms with E-state index in [4.69, 9.17) is 0 Å². The highest BCUT2D eigenvalue weighted by molar-refractivity contribution is 7.89. The van der Waals surface area contributed by atoms with Crippen LogP contribution < -0.4 is 0 Å². The summed E-state index contributed by atoms with van der Waals surface area (Å²) >= 11 is 0. The second-order valence-electron chi connectivity index (χ2n) is 5.45. The predicted molar refractivity (Wildman–Crippen MR) is 81.2 cm³/mol. The fourth-order valence-electron chi connectivity index (χ4n) is 2.37. The van der Waals surface area contributed by atoms with Crippen LogP contribution in [0.5, 0.6) is 0 Å². The maximum absolute atomic E-state index is 12.5. The Morgan fingerprint density at radius 1 is 1.15 bits per heavy atom. The first-order valence-corrected chi connectivity index (χ1v) is 8.27. The summed E-state index contributed by atoms with van der Waals surface area (Å²) in [7, 11) is -3.35. The molecule has 1 aliphatic heterocycles. The Morgan fingerprint density at radius 2 is 1.70 bits per heavy atom. The second kappa shape index (κ2) is 6.08. The van der Waals surface area contributed by atoms with Gasteiger partial charge in [-0.2, -0.15) is 4.31 Å². The quantitative estimate of drug-likeness (QED) is 0.796. The van der Waals surface area contributed by atoms with Crippen molar-refractivity contribution in [3.8, 4) is 0 Å². The zero-order chi connectivity index (χ0) is 14.8. The summed E-state index contributed by atoms with van der Waals surface area (Å²) in [5.74, 6) is 0. The van der Waals surface area contributed by atoms with E-state index in [1.807, 2.05) is 26.0 Å². The minimum atomic E-state index is -3.35. The van der Waals surface area contributed by atoms with Crippen molar-refractivity contribution >= 4 is 10.0 Å². The van der Waals surface area contributed by atoms with Crippen molar-refractivity contribution < 1.29 is 8.42 Å². The fraction of sp³-hybridized carbons (Fsp3) is 0.467. The summed E-state index contributed by atoms with van der Waals surface area (Å²) in [5, 5.41) is 0. The average molecular weight is 294 g/mol. The third-order valence-corrected chi connectivity index (χ3v) is 5.40. The number of aryl methyl sites for hydroxylation is 1. The molecule has 0 amide bonds. The molecule has 0 aliphatic carbocycles. The molecule has 0 atom stereocenters. The van der Waals surface area contributed by atoms with Crippen LogP contribution in [0.2, 0.25) is 0 Å². The van der Waals surface area contributed by atoms with Crippen molar-refractivity contribution in [2.75, 3.05) is 32.7 Å². The monoisotopic (exact) mass is 294 g/mol. The van der Waals surface area contributed by atoms with Crippen LogP contribution in [0.3, 0.4) is 0 Å². The first-order chi connectivity index (χ1) is 9.39. The van der Waals surface area contributed by atoms with E-state index in [0.717, 1.165) is 30.8 Å². The van der Waals surface area contributed by atoms with Gasteiger partial charge in [0.15, 0.2) is 0 Å². The standard InChI is InChI=1S/C15H22N2O2S/c1-13(2)12-16-8-10-17(11-9-16)20(18,19)15-6-4-14(3)5-7-15/h4-7H,1,8-12H2,2-3H3. The van der Waals surface area contributed by atoms with Crippen molar-refractivity contribution in [1.29, 1.82) is 0 Å². The van der Waals surface area contributed by atoms with E-state index < -0.39 is 10.0 Å². The lowest BCUT2D eigenvalue weighted by Gasteiger charge is -2.34. The highest BCUT2D eigenvalue weighted by Gasteiger charge is 2.28. The van der Waals surface area contributed by atoms with Crippen molar-refractivity contribution in [2.45, 2.75) is 18.7 Å². The van der Waals surface area contributed by atoms with Crippen LogP contribution >= 0.6 is 0 Å². The summed E-state index contributed by atoms with van der Waals surface area (Å²) in [6.07, 6.45) is 0. The van der Waals surface area contributed by atoms with Gasteiger partial charge in [0.25, 0.3) is 0 Å². The van der Waals surface area contributed by atoms with Gasteiger partial charge in [0.2, 0.25) is 10.0 Å². The van der Waals surface area contributed by atoms with Crippen molar-refractivity contribution in [1.82, 2.24) is 9.21 Å². The molecule has 0 bridgehead atoms. The van der Waals surface area contributed by atoms with E-state index in [1.54, 1.807) is 16.4 Å². The molecule has 1 aromatic carbocycles. The lowest BCUT2D eigenvalue weighted by Crippen LogP contribution is -2.48. The van der Waals surface area contributed by atoms with Gasteiger partial charge in [-0.15, -0.1) is 0 Å². The Hall–Kier alpha value is -1.17. The van der Waals surface area contributed by atoms with E-state index in [2.05, 4.69) is 11.5 Å². The van der Waals surface area contributed by atoms with Crippen LogP contribution in [0.1, 0.15) is 12.5 Å². The Labute approximate surface area is 121 Å². The third-order valence-electron chi connectivity index (χ3n) is 3.48. The summed E-state index contributed by atoms with van der Waals surface area (Å²) < 4.78 is 26.6. The number of rotatable bonds is 4. The number of hydrogen-bond acceptors (Lipinski definition) is 3. The normalized spacial score (nSPS) is 18.1. The Bertz CT molecular complexity index is 570. The molecular formula is C15H22N2O2S. The lowest BCUT2D eigenvalue weighted by molar-refractivity contribution is 0.201. The van der Waals surface area contributed by atoms with E-state index in [9.17, 15) is 8.42 Å². The van der Waals surface area contributed by atoms with Gasteiger partial charge >= 0.3 is 0 Å². The van der Waals surface area contributed by atoms with Crippen molar-refractivity contribution in [2.24, 2.45) is 0 Å². The highest BCUT2D eigenvalue weighted by Crippen LogP contribution is 2.18. The van der Waals surface area contributed by atoms with Crippen molar-refractivity contribution in [3.05, 3.63) is 42.0 Å². The molecule has 0 spiro atoms. The van der Waals surface area contributed by atoms with Crippen LogP contribution in [-0.2, 0) is 10.0 Å². The van der Waals surface area contributed by atoms with Gasteiger partial charge in [-0.1, -0.05) is 29.8 Å². The minimum Gasteiger partial charge on any atom is -0.297 e. The summed E-state index contributed by atoms with van der Waals surface area (Å²) in [6.45, 7) is 11.3. The van der Waals surface area contributed by atoms with Gasteiger partial charge in [0.1, 0.15) is 0 Å². The van der Waals surface area contributed by atoms with Crippen LogP contribution in [-0.4, -0.2) is 50.3 Å². The van der Waals surface area contributed by atoms with Gasteiger partial charge in [-0.25, -0.2) is 8.42 Å². The molecule has 0 N–H and O–H groups in total. The molecule has 0 radical (unpaired) electrons. The summed E-state index contributed by atoms with van der Waals surface area (Å²) in [4.78, 5) is 2.63. The van der Waals surface area contributed by atoms with E-state index in [-0.39, 0.29) is 0 Å². The molecule has 0 saturated carbocycles. The second-order valence-corrected chi connectivity index (χ2v) is 7.39. The summed E-state index contributed by atoms with van der Waals surface area (Å²) in [5.41, 5.74) is 2.18. The van der Waals surface area contributed by atoms with Crippen LogP contribution in [0.15, 0.2) is 41.3 Å². The van der Waals surface area contributed by atoms with Gasteiger partial charge in [0.05, 0.1) is 4.90 Å². The molecule has 1 aliphatic rings. The van der Waals surface area contributed by atoms with Gasteiger partial charge in [0, 0.05) is 32.7 Å². The van der Waals surface area contributed by atoms with E-state index in [0.29, 0.717) is 18.0 Å². The molecule has 4 nitrogen and oxygen atoms in total. The molecule has 2 rings (SSSR count). The Kier molecular flexibility index (Phi) is 4.62. The van der Waals surface area contributed by atoms with Gasteiger partial charge < -0.3 is 0 Å². The Morgan fingerprint density at radius 3 is 2.20 bits per heavy atom. The molecule has 20 heavy (non-hydrogen) atoms. The molecule has 5 heteroatoms. The van der Waals surface area contributed by atoms with Gasteiger partial charge in [-0.3, -0.25) is 4.90 Å². The van der Waals surface area contributed by atoms with Gasteiger partial charge in [-0.05, 0) is 26.0 Å². The number of nitrogens with zero attached hydrogens (tertiary/aromatic N) is 2. The third kappa shape index (κ3) is 3.48. The zero-order valence-electron chi connectivity index (χ0n) is 12.2. The van der Waals surface area contributed by atoms with Crippen LogP contribution in [0, 0.1) is 6.92 Å².